The molecule has 0 atom stereocenters. The van der Waals surface area contributed by atoms with E-state index in [1.165, 1.54) is 0 Å². The van der Waals surface area contributed by atoms with Gasteiger partial charge in [-0.05, 0) is 0 Å². The summed E-state index contributed by atoms with van der Waals surface area (Å²) in [5, 5.41) is 25.2. The smallest absolute Gasteiger partial charge is 0.907 e. The third kappa shape index (κ3) is 31.8. The third-order valence-electron chi connectivity index (χ3n) is 0. The van der Waals surface area contributed by atoms with E-state index in [9.17, 15) is 0 Å². The van der Waals surface area contributed by atoms with Gasteiger partial charge in [0.25, 0.3) is 0 Å². The molecule has 0 aromatic carbocycles. The largest absolute Gasteiger partial charge is 4.00 e. The summed E-state index contributed by atoms with van der Waals surface area (Å²) in [7, 11) is -2.92. The molecule has 0 bridgehead atoms. The maximum absolute atomic E-state index is 8.42. The Morgan fingerprint density at radius 1 is 1.00 bits per heavy atom. The molecule has 6 heavy (non-hydrogen) atoms. The molecular formula is BLaO3Th+4. The van der Waals surface area contributed by atoms with Crippen LogP contribution in [0.4, 0.5) is 0 Å². The molecular weight excluding hydrogens is 430 g/mol. The topological polar surface area (TPSA) is 69.2 Å². The molecule has 0 aromatic rings. The standard InChI is InChI=1S/BO3.La.Th/c2-1(3)4;;/q-3;+3;+4. The molecule has 0 spiro atoms. The van der Waals surface area contributed by atoms with Crippen LogP contribution in [-0.4, -0.2) is 7.32 Å². The average Bonchev–Trinajstić information content (AvgIpc) is 0.811. The molecule has 0 saturated carbocycles. The van der Waals surface area contributed by atoms with Crippen molar-refractivity contribution in [2.24, 2.45) is 0 Å². The van der Waals surface area contributed by atoms with Crippen LogP contribution in [0.1, 0.15) is 0 Å². The molecule has 0 N–H and O–H groups in total. The van der Waals surface area contributed by atoms with E-state index in [4.69, 9.17) is 15.1 Å². The van der Waals surface area contributed by atoms with Crippen LogP contribution in [0.25, 0.3) is 0 Å². The van der Waals surface area contributed by atoms with Gasteiger partial charge in [-0.25, -0.2) is 0 Å². The zero-order valence-corrected chi connectivity index (χ0v) is 10.6. The Morgan fingerprint density at radius 3 is 1.00 bits per heavy atom. The van der Waals surface area contributed by atoms with Crippen LogP contribution in [0.5, 0.6) is 0 Å². The van der Waals surface area contributed by atoms with Gasteiger partial charge in [-0.2, -0.15) is 0 Å². The Bertz CT molecular complexity index is 15.5. The average molecular weight is 430 g/mol. The fraction of sp³-hybridized carbons (Fsp3) is 0. The van der Waals surface area contributed by atoms with Gasteiger partial charge >= 0.3 is 75.5 Å². The van der Waals surface area contributed by atoms with E-state index < -0.39 is 7.32 Å². The van der Waals surface area contributed by atoms with Crippen LogP contribution in [0.3, 0.4) is 0 Å². The summed E-state index contributed by atoms with van der Waals surface area (Å²) in [6, 6.07) is 0. The summed E-state index contributed by atoms with van der Waals surface area (Å²) in [5.74, 6) is 0. The Morgan fingerprint density at radius 2 is 1.00 bits per heavy atom. The van der Waals surface area contributed by atoms with Crippen molar-refractivity contribution in [3.63, 3.8) is 0 Å². The van der Waals surface area contributed by atoms with E-state index in [1.54, 1.807) is 0 Å². The van der Waals surface area contributed by atoms with Crippen molar-refractivity contribution in [1.82, 2.24) is 0 Å². The fourth-order valence-corrected chi connectivity index (χ4v) is 0. The van der Waals surface area contributed by atoms with E-state index in [0.717, 1.165) is 0 Å². The second-order valence-electron chi connectivity index (χ2n) is 0.289. The predicted octanol–water partition coefficient (Wildman–Crippen LogP) is -3.95. The third-order valence-corrected chi connectivity index (χ3v) is 0. The van der Waals surface area contributed by atoms with Crippen molar-refractivity contribution >= 4 is 7.32 Å². The maximum atomic E-state index is 8.42. The fourth-order valence-electron chi connectivity index (χ4n) is 0. The van der Waals surface area contributed by atoms with Crippen LogP contribution in [0.2, 0.25) is 0 Å². The SMILES string of the molecule is [La+3].[O-]B([O-])[O-].[Th+4]. The van der Waals surface area contributed by atoms with Crippen LogP contribution < -0.4 is 15.1 Å². The summed E-state index contributed by atoms with van der Waals surface area (Å²) in [5.41, 5.74) is 0. The van der Waals surface area contributed by atoms with E-state index in [1.807, 2.05) is 0 Å². The molecule has 0 aliphatic carbocycles. The van der Waals surface area contributed by atoms with Gasteiger partial charge in [-0.3, -0.25) is 7.32 Å². The Hall–Kier alpha value is 2.46. The van der Waals surface area contributed by atoms with E-state index in [0.29, 0.717) is 0 Å². The summed E-state index contributed by atoms with van der Waals surface area (Å²) in [4.78, 5) is 0. The number of rotatable bonds is 0. The van der Waals surface area contributed by atoms with Crippen LogP contribution in [0.15, 0.2) is 0 Å². The monoisotopic (exact) mass is 430 g/mol. The molecule has 0 radical (unpaired) electrons. The van der Waals surface area contributed by atoms with Crippen molar-refractivity contribution in [2.75, 3.05) is 0 Å². The Labute approximate surface area is 96.0 Å². The van der Waals surface area contributed by atoms with E-state index >= 15 is 0 Å². The van der Waals surface area contributed by atoms with Gasteiger partial charge in [0.2, 0.25) is 0 Å². The number of hydrogen-bond donors (Lipinski definition) is 0. The van der Waals surface area contributed by atoms with Crippen LogP contribution in [0, 0.1) is 75.5 Å². The van der Waals surface area contributed by atoms with E-state index in [-0.39, 0.29) is 75.5 Å². The second kappa shape index (κ2) is 10.4. The first-order valence-electron chi connectivity index (χ1n) is 0.707. The minimum Gasteiger partial charge on any atom is -0.907 e. The van der Waals surface area contributed by atoms with Crippen molar-refractivity contribution in [3.05, 3.63) is 0 Å². The predicted molar refractivity (Wildman–Crippen MR) is 5.75 cm³/mol. The summed E-state index contributed by atoms with van der Waals surface area (Å²) in [6.07, 6.45) is 0. The summed E-state index contributed by atoms with van der Waals surface area (Å²) < 4.78 is 0. The van der Waals surface area contributed by atoms with Crippen LogP contribution >= 0.6 is 0 Å². The molecule has 0 saturated heterocycles. The van der Waals surface area contributed by atoms with Gasteiger partial charge < -0.3 is 15.1 Å². The molecule has 0 aliphatic rings. The van der Waals surface area contributed by atoms with E-state index in [2.05, 4.69) is 0 Å². The Balaban J connectivity index is -0.0000000450. The molecule has 6 heteroatoms. The minimum atomic E-state index is -2.92. The van der Waals surface area contributed by atoms with Crippen molar-refractivity contribution < 1.29 is 90.6 Å². The van der Waals surface area contributed by atoms with Gasteiger partial charge in [0.15, 0.2) is 0 Å². The molecule has 0 unspecified atom stereocenters. The molecule has 0 aliphatic heterocycles. The Kier molecular flexibility index (Phi) is 27.5. The minimum absolute atomic E-state index is 0. The van der Waals surface area contributed by atoms with Crippen molar-refractivity contribution in [3.8, 4) is 0 Å². The molecule has 0 heterocycles. The molecule has 0 fully saturated rings. The molecule has 0 aromatic heterocycles. The number of hydrogen-bond acceptors (Lipinski definition) is 3. The quantitative estimate of drug-likeness (QED) is 0.369. The van der Waals surface area contributed by atoms with Gasteiger partial charge in [0.05, 0.1) is 0 Å². The first kappa shape index (κ1) is 15.8. The normalized spacial score (nSPS) is 4.50. The molecule has 0 amide bonds. The summed E-state index contributed by atoms with van der Waals surface area (Å²) in [6.45, 7) is 0. The first-order valence-corrected chi connectivity index (χ1v) is 0.707. The zero-order valence-electron chi connectivity index (χ0n) is 2.88. The van der Waals surface area contributed by atoms with Crippen molar-refractivity contribution in [1.29, 1.82) is 0 Å². The molecule has 24 valence electrons. The molecule has 0 rings (SSSR count). The van der Waals surface area contributed by atoms with Crippen molar-refractivity contribution in [2.45, 2.75) is 0 Å². The second-order valence-corrected chi connectivity index (χ2v) is 0.289. The molecule has 3 nitrogen and oxygen atoms in total. The van der Waals surface area contributed by atoms with Gasteiger partial charge in [0.1, 0.15) is 0 Å². The van der Waals surface area contributed by atoms with Gasteiger partial charge in [-0.1, -0.05) is 0 Å². The van der Waals surface area contributed by atoms with Gasteiger partial charge in [-0.15, -0.1) is 0 Å². The summed E-state index contributed by atoms with van der Waals surface area (Å²) >= 11 is 0. The maximum Gasteiger partial charge on any atom is 4.00 e. The zero-order chi connectivity index (χ0) is 3.58. The first-order chi connectivity index (χ1) is 1.73. The van der Waals surface area contributed by atoms with Crippen LogP contribution in [-0.2, 0) is 0 Å². The van der Waals surface area contributed by atoms with Gasteiger partial charge in [0, 0.05) is 0 Å².